The van der Waals surface area contributed by atoms with E-state index in [1.165, 1.54) is 12.1 Å². The number of hydrogen-bond donors (Lipinski definition) is 2. The van der Waals surface area contributed by atoms with Crippen molar-refractivity contribution in [2.24, 2.45) is 0 Å². The first-order valence-electron chi connectivity index (χ1n) is 10.4. The molecule has 0 spiro atoms. The molecule has 33 heavy (non-hydrogen) atoms. The Hall–Kier alpha value is -3.05. The van der Waals surface area contributed by atoms with Crippen molar-refractivity contribution in [2.45, 2.75) is 13.3 Å². The van der Waals surface area contributed by atoms with E-state index < -0.39 is 6.36 Å². The van der Waals surface area contributed by atoms with Gasteiger partial charge in [0.1, 0.15) is 11.5 Å². The number of rotatable bonds is 7. The number of amides is 1. The van der Waals surface area contributed by atoms with Gasteiger partial charge in [-0.2, -0.15) is 0 Å². The number of ether oxygens (including phenoxy) is 2. The average Bonchev–Trinajstić information content (AvgIpc) is 2.76. The third kappa shape index (κ3) is 8.10. The van der Waals surface area contributed by atoms with Crippen LogP contribution in [0.5, 0.6) is 11.5 Å². The van der Waals surface area contributed by atoms with Gasteiger partial charge in [0, 0.05) is 37.6 Å². The molecule has 0 radical (unpaired) electrons. The molecule has 0 aliphatic carbocycles. The average molecular weight is 483 g/mol. The van der Waals surface area contributed by atoms with Crippen LogP contribution < -0.4 is 20.1 Å². The van der Waals surface area contributed by atoms with Gasteiger partial charge in [0.05, 0.1) is 13.2 Å². The molecule has 1 amide bonds. The predicted octanol–water partition coefficient (Wildman–Crippen LogP) is 3.94. The molecule has 0 bridgehead atoms. The van der Waals surface area contributed by atoms with Gasteiger partial charge in [0.25, 0.3) is 0 Å². The van der Waals surface area contributed by atoms with E-state index in [1.54, 1.807) is 0 Å². The van der Waals surface area contributed by atoms with Crippen LogP contribution in [-0.2, 0) is 4.79 Å². The Morgan fingerprint density at radius 1 is 0.939 bits per heavy atom. The molecular formula is C22H25F3N4O3S. The molecule has 0 atom stereocenters. The standard InChI is InChI=1S/C22H25F3N4O3S/c1-2-31-18-7-3-17(4-8-18)27-21(33)29-13-11-28(12-14-29)15-20(30)26-16-5-9-19(10-6-16)32-22(23,24)25/h3-10H,2,11-15H2,1H3,(H,26,30)(H,27,33). The smallest absolute Gasteiger partial charge is 0.494 e. The molecule has 2 N–H and O–H groups in total. The molecule has 2 aromatic rings. The number of carbonyl (C=O) groups excluding carboxylic acids is 1. The second-order valence-corrected chi connectivity index (χ2v) is 7.66. The van der Waals surface area contributed by atoms with E-state index in [0.717, 1.165) is 23.6 Å². The zero-order valence-electron chi connectivity index (χ0n) is 18.0. The minimum absolute atomic E-state index is 0.174. The highest BCUT2D eigenvalue weighted by atomic mass is 32.1. The van der Waals surface area contributed by atoms with Gasteiger partial charge in [-0.15, -0.1) is 13.2 Å². The Morgan fingerprint density at radius 2 is 1.48 bits per heavy atom. The summed E-state index contributed by atoms with van der Waals surface area (Å²) in [4.78, 5) is 16.3. The summed E-state index contributed by atoms with van der Waals surface area (Å²) in [7, 11) is 0. The zero-order chi connectivity index (χ0) is 23.8. The van der Waals surface area contributed by atoms with Crippen molar-refractivity contribution in [3.8, 4) is 11.5 Å². The highest BCUT2D eigenvalue weighted by Gasteiger charge is 2.31. The Morgan fingerprint density at radius 3 is 2.03 bits per heavy atom. The van der Waals surface area contributed by atoms with Gasteiger partial charge in [-0.1, -0.05) is 0 Å². The monoisotopic (exact) mass is 482 g/mol. The number of nitrogens with one attached hydrogen (secondary N) is 2. The molecule has 11 heteroatoms. The molecule has 0 aromatic heterocycles. The second kappa shape index (κ2) is 11.2. The summed E-state index contributed by atoms with van der Waals surface area (Å²) in [5.41, 5.74) is 1.27. The number of nitrogens with zero attached hydrogens (tertiary/aromatic N) is 2. The third-order valence-corrected chi connectivity index (χ3v) is 5.18. The van der Waals surface area contributed by atoms with Gasteiger partial charge in [0.2, 0.25) is 5.91 Å². The lowest BCUT2D eigenvalue weighted by Gasteiger charge is -2.35. The first-order chi connectivity index (χ1) is 15.7. The van der Waals surface area contributed by atoms with E-state index in [2.05, 4.69) is 15.4 Å². The van der Waals surface area contributed by atoms with Crippen molar-refractivity contribution >= 4 is 34.6 Å². The fraction of sp³-hybridized carbons (Fsp3) is 0.364. The van der Waals surface area contributed by atoms with E-state index in [1.807, 2.05) is 41.0 Å². The molecule has 7 nitrogen and oxygen atoms in total. The molecule has 1 aliphatic heterocycles. The lowest BCUT2D eigenvalue weighted by molar-refractivity contribution is -0.274. The van der Waals surface area contributed by atoms with Crippen molar-refractivity contribution < 1.29 is 27.4 Å². The quantitative estimate of drug-likeness (QED) is 0.580. The fourth-order valence-electron chi connectivity index (χ4n) is 3.26. The normalized spacial score (nSPS) is 14.5. The summed E-state index contributed by atoms with van der Waals surface area (Å²) < 4.78 is 45.9. The number of thiocarbonyl (C=S) groups is 1. The molecule has 1 fully saturated rings. The van der Waals surface area contributed by atoms with Gasteiger partial charge in [-0.3, -0.25) is 9.69 Å². The van der Waals surface area contributed by atoms with Crippen LogP contribution in [0.1, 0.15) is 6.92 Å². The SMILES string of the molecule is CCOc1ccc(NC(=S)N2CCN(CC(=O)Nc3ccc(OC(F)(F)F)cc3)CC2)cc1. The van der Waals surface area contributed by atoms with E-state index in [0.29, 0.717) is 43.6 Å². The molecule has 1 heterocycles. The summed E-state index contributed by atoms with van der Waals surface area (Å²) >= 11 is 5.50. The topological polar surface area (TPSA) is 66.1 Å². The van der Waals surface area contributed by atoms with Gasteiger partial charge in [0.15, 0.2) is 5.11 Å². The summed E-state index contributed by atoms with van der Waals surface area (Å²) in [5.74, 6) is 0.209. The Labute approximate surface area is 195 Å². The number of carbonyl (C=O) groups is 1. The number of piperazine rings is 1. The minimum Gasteiger partial charge on any atom is -0.494 e. The van der Waals surface area contributed by atoms with Crippen molar-refractivity contribution in [3.05, 3.63) is 48.5 Å². The van der Waals surface area contributed by atoms with Crippen LogP contribution in [0.4, 0.5) is 24.5 Å². The van der Waals surface area contributed by atoms with Crippen molar-refractivity contribution in [1.82, 2.24) is 9.80 Å². The van der Waals surface area contributed by atoms with E-state index in [-0.39, 0.29) is 18.2 Å². The maximum atomic E-state index is 12.3. The van der Waals surface area contributed by atoms with Crippen LogP contribution in [0.25, 0.3) is 0 Å². The van der Waals surface area contributed by atoms with Gasteiger partial charge in [-0.25, -0.2) is 0 Å². The van der Waals surface area contributed by atoms with Gasteiger partial charge >= 0.3 is 6.36 Å². The maximum absolute atomic E-state index is 12.3. The molecule has 1 aliphatic rings. The number of hydrogen-bond acceptors (Lipinski definition) is 5. The largest absolute Gasteiger partial charge is 0.573 e. The lowest BCUT2D eigenvalue weighted by Crippen LogP contribution is -2.51. The van der Waals surface area contributed by atoms with E-state index >= 15 is 0 Å². The van der Waals surface area contributed by atoms with Crippen molar-refractivity contribution in [1.29, 1.82) is 0 Å². The van der Waals surface area contributed by atoms with Crippen LogP contribution in [0.15, 0.2) is 48.5 Å². The summed E-state index contributed by atoms with van der Waals surface area (Å²) in [6.07, 6.45) is -4.75. The fourth-order valence-corrected chi connectivity index (χ4v) is 3.56. The first kappa shape index (κ1) is 24.6. The lowest BCUT2D eigenvalue weighted by atomic mass is 10.3. The Balaban J connectivity index is 1.40. The molecule has 3 rings (SSSR count). The molecule has 0 unspecified atom stereocenters. The van der Waals surface area contributed by atoms with Gasteiger partial charge < -0.3 is 25.0 Å². The predicted molar refractivity (Wildman–Crippen MR) is 124 cm³/mol. The number of alkyl halides is 3. The van der Waals surface area contributed by atoms with Crippen LogP contribution in [0, 0.1) is 0 Å². The van der Waals surface area contributed by atoms with Crippen molar-refractivity contribution in [3.63, 3.8) is 0 Å². The van der Waals surface area contributed by atoms with Crippen LogP contribution in [-0.4, -0.2) is 66.5 Å². The van der Waals surface area contributed by atoms with Crippen LogP contribution >= 0.6 is 12.2 Å². The summed E-state index contributed by atoms with van der Waals surface area (Å²) in [6.45, 7) is 5.34. The summed E-state index contributed by atoms with van der Waals surface area (Å²) in [5, 5.41) is 6.51. The molecule has 1 saturated heterocycles. The number of benzene rings is 2. The molecule has 2 aromatic carbocycles. The van der Waals surface area contributed by atoms with E-state index in [4.69, 9.17) is 17.0 Å². The minimum atomic E-state index is -4.75. The summed E-state index contributed by atoms with van der Waals surface area (Å²) in [6, 6.07) is 12.6. The Kier molecular flexibility index (Phi) is 8.34. The van der Waals surface area contributed by atoms with Crippen LogP contribution in [0.3, 0.4) is 0 Å². The molecule has 178 valence electrons. The number of halogens is 3. The first-order valence-corrected chi connectivity index (χ1v) is 10.8. The second-order valence-electron chi connectivity index (χ2n) is 7.27. The van der Waals surface area contributed by atoms with Crippen LogP contribution in [0.2, 0.25) is 0 Å². The Bertz CT molecular complexity index is 931. The third-order valence-electron chi connectivity index (χ3n) is 4.81. The highest BCUT2D eigenvalue weighted by molar-refractivity contribution is 7.80. The van der Waals surface area contributed by atoms with Crippen molar-refractivity contribution in [2.75, 3.05) is 50.0 Å². The molecular weight excluding hydrogens is 457 g/mol. The van der Waals surface area contributed by atoms with E-state index in [9.17, 15) is 18.0 Å². The molecule has 0 saturated carbocycles. The highest BCUT2D eigenvalue weighted by Crippen LogP contribution is 2.24. The number of anilines is 2. The maximum Gasteiger partial charge on any atom is 0.573 e. The van der Waals surface area contributed by atoms with Gasteiger partial charge in [-0.05, 0) is 67.7 Å². The zero-order valence-corrected chi connectivity index (χ0v) is 18.8.